The molecule has 0 saturated heterocycles. The Balaban J connectivity index is 2.22. The number of aromatic nitrogens is 1. The molecule has 0 N–H and O–H groups in total. The molecule has 90 valence electrons. The maximum atomic E-state index is 11.5. The highest BCUT2D eigenvalue weighted by atomic mass is 32.2. The van der Waals surface area contributed by atoms with Gasteiger partial charge in [-0.3, -0.25) is 0 Å². The highest BCUT2D eigenvalue weighted by molar-refractivity contribution is 7.90. The summed E-state index contributed by atoms with van der Waals surface area (Å²) in [7, 11) is -2.97. The molecule has 1 heterocycles. The molecule has 1 aromatic rings. The quantitative estimate of drug-likeness (QED) is 0.841. The summed E-state index contributed by atoms with van der Waals surface area (Å²) in [4.78, 5) is 5.61. The molecular weight excluding hydrogens is 262 g/mol. The minimum atomic E-state index is -2.97. The molecule has 0 aliphatic heterocycles. The maximum Gasteiger partial charge on any atom is 0.156 e. The van der Waals surface area contributed by atoms with Gasteiger partial charge in [-0.2, -0.15) is 12.6 Å². The Morgan fingerprint density at radius 1 is 1.50 bits per heavy atom. The standard InChI is InChI=1S/C10H15NO2S3/c1-2-16(12,13)6-9-11-10(7-3-4-7)8(5-14)15-9/h7,14H,2-6H2,1H3. The van der Waals surface area contributed by atoms with Crippen molar-refractivity contribution in [2.24, 2.45) is 0 Å². The Morgan fingerprint density at radius 2 is 2.19 bits per heavy atom. The Morgan fingerprint density at radius 3 is 2.69 bits per heavy atom. The van der Waals surface area contributed by atoms with Crippen molar-refractivity contribution in [3.05, 3.63) is 15.6 Å². The van der Waals surface area contributed by atoms with Crippen molar-refractivity contribution in [3.63, 3.8) is 0 Å². The van der Waals surface area contributed by atoms with Crippen molar-refractivity contribution in [1.29, 1.82) is 0 Å². The third-order valence-corrected chi connectivity index (χ3v) is 6.04. The summed E-state index contributed by atoms with van der Waals surface area (Å²) in [5, 5.41) is 0.729. The number of thiol groups is 1. The van der Waals surface area contributed by atoms with E-state index in [-0.39, 0.29) is 11.5 Å². The maximum absolute atomic E-state index is 11.5. The first-order chi connectivity index (χ1) is 7.55. The van der Waals surface area contributed by atoms with Crippen molar-refractivity contribution in [1.82, 2.24) is 4.98 Å². The average molecular weight is 277 g/mol. The summed E-state index contributed by atoms with van der Waals surface area (Å²) in [5.74, 6) is 1.50. The summed E-state index contributed by atoms with van der Waals surface area (Å²) < 4.78 is 23.0. The van der Waals surface area contributed by atoms with Crippen LogP contribution in [0.4, 0.5) is 0 Å². The van der Waals surface area contributed by atoms with Crippen LogP contribution in [0.1, 0.15) is 41.3 Å². The van der Waals surface area contributed by atoms with Crippen molar-refractivity contribution in [2.45, 2.75) is 37.2 Å². The molecular formula is C10H15NO2S3. The van der Waals surface area contributed by atoms with E-state index in [1.807, 2.05) is 0 Å². The van der Waals surface area contributed by atoms with Gasteiger partial charge in [-0.1, -0.05) is 6.92 Å². The van der Waals surface area contributed by atoms with Gasteiger partial charge in [0.2, 0.25) is 0 Å². The topological polar surface area (TPSA) is 47.0 Å². The van der Waals surface area contributed by atoms with E-state index in [4.69, 9.17) is 0 Å². The Kier molecular flexibility index (Phi) is 3.61. The van der Waals surface area contributed by atoms with Gasteiger partial charge in [-0.05, 0) is 12.8 Å². The lowest BCUT2D eigenvalue weighted by Crippen LogP contribution is -2.06. The van der Waals surface area contributed by atoms with Gasteiger partial charge < -0.3 is 0 Å². The average Bonchev–Trinajstić information content (AvgIpc) is 3.01. The molecule has 1 fully saturated rings. The number of thiazole rings is 1. The molecule has 0 aromatic carbocycles. The predicted octanol–water partition coefficient (Wildman–Crippen LogP) is 2.39. The second kappa shape index (κ2) is 4.66. The number of hydrogen-bond donors (Lipinski definition) is 1. The second-order valence-corrected chi connectivity index (χ2v) is 7.86. The summed E-state index contributed by atoms with van der Waals surface area (Å²) in [5.41, 5.74) is 1.10. The lowest BCUT2D eigenvalue weighted by Gasteiger charge is -1.95. The van der Waals surface area contributed by atoms with Crippen LogP contribution in [0.15, 0.2) is 0 Å². The molecule has 0 bridgehead atoms. The second-order valence-electron chi connectivity index (χ2n) is 4.02. The lowest BCUT2D eigenvalue weighted by atomic mass is 10.3. The van der Waals surface area contributed by atoms with Gasteiger partial charge in [-0.15, -0.1) is 11.3 Å². The number of rotatable bonds is 5. The van der Waals surface area contributed by atoms with Gasteiger partial charge in [-0.25, -0.2) is 13.4 Å². The molecule has 0 amide bonds. The van der Waals surface area contributed by atoms with E-state index in [0.29, 0.717) is 11.7 Å². The number of sulfone groups is 1. The third-order valence-electron chi connectivity index (χ3n) is 2.66. The van der Waals surface area contributed by atoms with Gasteiger partial charge >= 0.3 is 0 Å². The zero-order chi connectivity index (χ0) is 11.8. The van der Waals surface area contributed by atoms with Crippen LogP contribution in [-0.2, 0) is 21.3 Å². The summed E-state index contributed by atoms with van der Waals surface area (Å²) in [6, 6.07) is 0. The fraction of sp³-hybridized carbons (Fsp3) is 0.700. The van der Waals surface area contributed by atoms with Crippen LogP contribution in [0.5, 0.6) is 0 Å². The molecule has 0 atom stereocenters. The van der Waals surface area contributed by atoms with E-state index in [1.54, 1.807) is 6.92 Å². The van der Waals surface area contributed by atoms with Crippen LogP contribution in [0.2, 0.25) is 0 Å². The molecule has 6 heteroatoms. The highest BCUT2D eigenvalue weighted by Gasteiger charge is 2.29. The molecule has 2 rings (SSSR count). The molecule has 0 radical (unpaired) electrons. The van der Waals surface area contributed by atoms with Crippen LogP contribution in [0.25, 0.3) is 0 Å². The van der Waals surface area contributed by atoms with Gasteiger partial charge in [0.1, 0.15) is 10.8 Å². The Bertz CT molecular complexity index is 474. The minimum absolute atomic E-state index is 0.0850. The van der Waals surface area contributed by atoms with E-state index in [0.717, 1.165) is 15.6 Å². The van der Waals surface area contributed by atoms with Crippen molar-refractivity contribution in [3.8, 4) is 0 Å². The van der Waals surface area contributed by atoms with Crippen molar-refractivity contribution in [2.75, 3.05) is 5.75 Å². The zero-order valence-corrected chi connectivity index (χ0v) is 11.7. The van der Waals surface area contributed by atoms with E-state index >= 15 is 0 Å². The monoisotopic (exact) mass is 277 g/mol. The first-order valence-electron chi connectivity index (χ1n) is 5.35. The SMILES string of the molecule is CCS(=O)(=O)Cc1nc(C2CC2)c(CS)s1. The van der Waals surface area contributed by atoms with Gasteiger partial charge in [0, 0.05) is 22.3 Å². The number of hydrogen-bond acceptors (Lipinski definition) is 5. The summed E-state index contributed by atoms with van der Waals surface area (Å²) >= 11 is 5.77. The normalized spacial score (nSPS) is 16.6. The highest BCUT2D eigenvalue weighted by Crippen LogP contribution is 2.43. The fourth-order valence-electron chi connectivity index (χ4n) is 1.55. The van der Waals surface area contributed by atoms with Crippen molar-refractivity contribution < 1.29 is 8.42 Å². The van der Waals surface area contributed by atoms with Gasteiger partial charge in [0.25, 0.3) is 0 Å². The summed E-state index contributed by atoms with van der Waals surface area (Å²) in [6.07, 6.45) is 2.37. The first-order valence-corrected chi connectivity index (χ1v) is 8.62. The molecule has 3 nitrogen and oxygen atoms in total. The van der Waals surface area contributed by atoms with Crippen LogP contribution in [0, 0.1) is 0 Å². The third kappa shape index (κ3) is 2.78. The van der Waals surface area contributed by atoms with Gasteiger partial charge in [0.15, 0.2) is 9.84 Å². The van der Waals surface area contributed by atoms with Crippen LogP contribution < -0.4 is 0 Å². The molecule has 0 unspecified atom stereocenters. The molecule has 0 spiro atoms. The van der Waals surface area contributed by atoms with Gasteiger partial charge in [0.05, 0.1) is 5.69 Å². The fourth-order valence-corrected chi connectivity index (χ4v) is 4.14. The van der Waals surface area contributed by atoms with Crippen LogP contribution in [-0.4, -0.2) is 19.2 Å². The van der Waals surface area contributed by atoms with Crippen LogP contribution >= 0.6 is 24.0 Å². The Labute approximate surface area is 106 Å². The molecule has 16 heavy (non-hydrogen) atoms. The lowest BCUT2D eigenvalue weighted by molar-refractivity contribution is 0.596. The largest absolute Gasteiger partial charge is 0.245 e. The van der Waals surface area contributed by atoms with E-state index in [9.17, 15) is 8.42 Å². The van der Waals surface area contributed by atoms with E-state index in [2.05, 4.69) is 17.6 Å². The number of nitrogens with zero attached hydrogens (tertiary/aromatic N) is 1. The molecule has 1 saturated carbocycles. The Hall–Kier alpha value is -0.0700. The van der Waals surface area contributed by atoms with E-state index in [1.165, 1.54) is 24.2 Å². The first kappa shape index (κ1) is 12.4. The van der Waals surface area contributed by atoms with Crippen LogP contribution in [0.3, 0.4) is 0 Å². The predicted molar refractivity (Wildman–Crippen MR) is 69.9 cm³/mol. The zero-order valence-electron chi connectivity index (χ0n) is 9.14. The molecule has 1 aromatic heterocycles. The molecule has 1 aliphatic rings. The molecule has 1 aliphatic carbocycles. The minimum Gasteiger partial charge on any atom is -0.245 e. The smallest absolute Gasteiger partial charge is 0.156 e. The van der Waals surface area contributed by atoms with E-state index < -0.39 is 9.84 Å². The van der Waals surface area contributed by atoms with Crippen molar-refractivity contribution >= 4 is 33.8 Å². The summed E-state index contributed by atoms with van der Waals surface area (Å²) in [6.45, 7) is 1.67.